The third kappa shape index (κ3) is 2.90. The van der Waals surface area contributed by atoms with E-state index in [-0.39, 0.29) is 0 Å². The lowest BCUT2D eigenvalue weighted by atomic mass is 10.0. The zero-order valence-electron chi connectivity index (χ0n) is 8.22. The molecule has 0 radical (unpaired) electrons. The molecule has 0 saturated carbocycles. The van der Waals surface area contributed by atoms with Gasteiger partial charge in [0.15, 0.2) is 0 Å². The van der Waals surface area contributed by atoms with Crippen molar-refractivity contribution in [3.05, 3.63) is 54.6 Å². The van der Waals surface area contributed by atoms with Crippen LogP contribution in [0.2, 0.25) is 0 Å². The van der Waals surface area contributed by atoms with Crippen molar-refractivity contribution in [3.8, 4) is 0 Å². The Morgan fingerprint density at radius 2 is 1.92 bits per heavy atom. The summed E-state index contributed by atoms with van der Waals surface area (Å²) in [7, 11) is 0. The van der Waals surface area contributed by atoms with Crippen molar-refractivity contribution in [1.29, 1.82) is 0 Å². The van der Waals surface area contributed by atoms with E-state index < -0.39 is 0 Å². The van der Waals surface area contributed by atoms with Gasteiger partial charge in [0.25, 0.3) is 0 Å². The smallest absolute Gasteiger partial charge is 0.0233 e. The van der Waals surface area contributed by atoms with Crippen LogP contribution in [-0.4, -0.2) is 0 Å². The molecule has 0 nitrogen and oxygen atoms in total. The van der Waals surface area contributed by atoms with Gasteiger partial charge in [0.1, 0.15) is 0 Å². The van der Waals surface area contributed by atoms with Gasteiger partial charge in [0.2, 0.25) is 0 Å². The largest absolute Gasteiger partial charge is 0.103 e. The molecule has 0 spiro atoms. The van der Waals surface area contributed by atoms with E-state index in [9.17, 15) is 0 Å². The van der Waals surface area contributed by atoms with Crippen LogP contribution in [0.3, 0.4) is 0 Å². The Morgan fingerprint density at radius 1 is 1.31 bits per heavy atom. The molecule has 0 aliphatic rings. The quantitative estimate of drug-likeness (QED) is 0.605. The lowest BCUT2D eigenvalue weighted by Gasteiger charge is -2.01. The Bertz CT molecular complexity index is 290. The third-order valence-corrected chi connectivity index (χ3v) is 2.08. The molecule has 0 fully saturated rings. The molecule has 68 valence electrons. The molecule has 0 aliphatic heterocycles. The van der Waals surface area contributed by atoms with Crippen LogP contribution >= 0.6 is 0 Å². The molecule has 13 heavy (non-hydrogen) atoms. The molecule has 1 aromatic carbocycles. The van der Waals surface area contributed by atoms with Crippen molar-refractivity contribution in [3.63, 3.8) is 0 Å². The van der Waals surface area contributed by atoms with E-state index in [1.807, 2.05) is 13.0 Å². The lowest BCUT2D eigenvalue weighted by molar-refractivity contribution is 1.00. The predicted molar refractivity (Wildman–Crippen MR) is 59.7 cm³/mol. The summed E-state index contributed by atoms with van der Waals surface area (Å²) >= 11 is 0. The van der Waals surface area contributed by atoms with Crippen molar-refractivity contribution in [2.45, 2.75) is 19.8 Å². The Labute approximate surface area is 80.6 Å². The normalized spacial score (nSPS) is 9.62. The van der Waals surface area contributed by atoms with Crippen LogP contribution in [0.4, 0.5) is 0 Å². The van der Waals surface area contributed by atoms with Gasteiger partial charge in [0.05, 0.1) is 0 Å². The van der Waals surface area contributed by atoms with Crippen LogP contribution in [-0.2, 0) is 6.42 Å². The summed E-state index contributed by atoms with van der Waals surface area (Å²) in [5.41, 5.74) is 3.71. The second kappa shape index (κ2) is 4.66. The van der Waals surface area contributed by atoms with Gasteiger partial charge in [-0.15, -0.1) is 6.58 Å². The van der Waals surface area contributed by atoms with Gasteiger partial charge >= 0.3 is 0 Å². The first-order valence-corrected chi connectivity index (χ1v) is 4.59. The Morgan fingerprint density at radius 3 is 2.38 bits per heavy atom. The molecular weight excluding hydrogens is 156 g/mol. The van der Waals surface area contributed by atoms with Crippen LogP contribution in [0.15, 0.2) is 43.5 Å². The van der Waals surface area contributed by atoms with Gasteiger partial charge in [-0.1, -0.05) is 42.5 Å². The summed E-state index contributed by atoms with van der Waals surface area (Å²) in [6.07, 6.45) is 4.08. The van der Waals surface area contributed by atoms with E-state index in [1.165, 1.54) is 11.1 Å². The Balaban J connectivity index is 2.69. The minimum Gasteiger partial charge on any atom is -0.103 e. The SMILES string of the molecule is C=CCCc1ccc(C(=C)C)cc1. The van der Waals surface area contributed by atoms with Gasteiger partial charge in [-0.3, -0.25) is 0 Å². The zero-order chi connectivity index (χ0) is 9.68. The Kier molecular flexibility index (Phi) is 3.51. The summed E-state index contributed by atoms with van der Waals surface area (Å²) < 4.78 is 0. The highest BCUT2D eigenvalue weighted by molar-refractivity contribution is 5.61. The summed E-state index contributed by atoms with van der Waals surface area (Å²) in [5.74, 6) is 0. The molecule has 0 aliphatic carbocycles. The minimum atomic E-state index is 1.05. The molecule has 0 heterocycles. The van der Waals surface area contributed by atoms with Crippen LogP contribution in [0.5, 0.6) is 0 Å². The third-order valence-electron chi connectivity index (χ3n) is 2.08. The van der Waals surface area contributed by atoms with Crippen molar-refractivity contribution in [1.82, 2.24) is 0 Å². The summed E-state index contributed by atoms with van der Waals surface area (Å²) in [6.45, 7) is 9.63. The molecule has 1 rings (SSSR count). The number of rotatable bonds is 4. The molecule has 1 aromatic rings. The molecular formula is C13H16. The maximum absolute atomic E-state index is 3.90. The van der Waals surface area contributed by atoms with Crippen LogP contribution in [0.25, 0.3) is 5.57 Å². The van der Waals surface area contributed by atoms with E-state index in [2.05, 4.69) is 37.4 Å². The van der Waals surface area contributed by atoms with Gasteiger partial charge in [-0.25, -0.2) is 0 Å². The number of hydrogen-bond donors (Lipinski definition) is 0. The fraction of sp³-hybridized carbons (Fsp3) is 0.231. The molecule has 0 aromatic heterocycles. The van der Waals surface area contributed by atoms with E-state index >= 15 is 0 Å². The van der Waals surface area contributed by atoms with Crippen molar-refractivity contribution >= 4 is 5.57 Å². The molecule has 0 atom stereocenters. The predicted octanol–water partition coefficient (Wildman–Crippen LogP) is 3.84. The number of benzene rings is 1. The average molecular weight is 172 g/mol. The molecule has 0 unspecified atom stereocenters. The maximum Gasteiger partial charge on any atom is -0.0233 e. The van der Waals surface area contributed by atoms with Gasteiger partial charge in [-0.05, 0) is 30.9 Å². The fourth-order valence-electron chi connectivity index (χ4n) is 1.22. The highest BCUT2D eigenvalue weighted by Crippen LogP contribution is 2.13. The van der Waals surface area contributed by atoms with E-state index in [0.29, 0.717) is 0 Å². The number of hydrogen-bond acceptors (Lipinski definition) is 0. The molecule has 0 amide bonds. The van der Waals surface area contributed by atoms with E-state index in [4.69, 9.17) is 0 Å². The van der Waals surface area contributed by atoms with E-state index in [0.717, 1.165) is 18.4 Å². The maximum atomic E-state index is 3.90. The first kappa shape index (κ1) is 9.79. The summed E-state index contributed by atoms with van der Waals surface area (Å²) in [6, 6.07) is 8.57. The van der Waals surface area contributed by atoms with Crippen LogP contribution in [0, 0.1) is 0 Å². The zero-order valence-corrected chi connectivity index (χ0v) is 8.22. The van der Waals surface area contributed by atoms with Crippen molar-refractivity contribution in [2.75, 3.05) is 0 Å². The topological polar surface area (TPSA) is 0 Å². The highest BCUT2D eigenvalue weighted by Gasteiger charge is 1.93. The van der Waals surface area contributed by atoms with Gasteiger partial charge in [-0.2, -0.15) is 0 Å². The average Bonchev–Trinajstić information content (AvgIpc) is 2.15. The first-order valence-electron chi connectivity index (χ1n) is 4.59. The van der Waals surface area contributed by atoms with Crippen LogP contribution < -0.4 is 0 Å². The van der Waals surface area contributed by atoms with Crippen molar-refractivity contribution in [2.24, 2.45) is 0 Å². The standard InChI is InChI=1S/C13H16/c1-4-5-6-12-7-9-13(10-8-12)11(2)3/h4,7-10H,1-2,5-6H2,3H3. The molecule has 0 N–H and O–H groups in total. The number of aryl methyl sites for hydroxylation is 1. The van der Waals surface area contributed by atoms with Crippen LogP contribution in [0.1, 0.15) is 24.5 Å². The van der Waals surface area contributed by atoms with E-state index in [1.54, 1.807) is 0 Å². The summed E-state index contributed by atoms with van der Waals surface area (Å²) in [4.78, 5) is 0. The lowest BCUT2D eigenvalue weighted by Crippen LogP contribution is -1.84. The van der Waals surface area contributed by atoms with Gasteiger partial charge < -0.3 is 0 Å². The van der Waals surface area contributed by atoms with Crippen molar-refractivity contribution < 1.29 is 0 Å². The first-order chi connectivity index (χ1) is 6.24. The summed E-state index contributed by atoms with van der Waals surface area (Å²) in [5, 5.41) is 0. The van der Waals surface area contributed by atoms with Gasteiger partial charge in [0, 0.05) is 0 Å². The molecule has 0 bridgehead atoms. The monoisotopic (exact) mass is 172 g/mol. The molecule has 0 heteroatoms. The number of allylic oxidation sites excluding steroid dienone is 2. The second-order valence-electron chi connectivity index (χ2n) is 3.30. The second-order valence-corrected chi connectivity index (χ2v) is 3.30. The molecule has 0 saturated heterocycles. The fourth-order valence-corrected chi connectivity index (χ4v) is 1.22. The Hall–Kier alpha value is -1.30. The minimum absolute atomic E-state index is 1.05. The highest BCUT2D eigenvalue weighted by atomic mass is 14.0.